The van der Waals surface area contributed by atoms with Crippen LogP contribution in [-0.2, 0) is 13.2 Å². The molecule has 0 spiro atoms. The van der Waals surface area contributed by atoms with E-state index in [1.807, 2.05) is 36.4 Å². The van der Waals surface area contributed by atoms with Gasteiger partial charge in [-0.3, -0.25) is 4.79 Å². The van der Waals surface area contributed by atoms with Gasteiger partial charge >= 0.3 is 0 Å². The van der Waals surface area contributed by atoms with Gasteiger partial charge in [-0.25, -0.2) is 4.98 Å². The zero-order valence-electron chi connectivity index (χ0n) is 14.8. The smallest absolute Gasteiger partial charge is 0.254 e. The molecule has 26 heavy (non-hydrogen) atoms. The minimum atomic E-state index is -0.0506. The van der Waals surface area contributed by atoms with Crippen LogP contribution in [0.3, 0.4) is 0 Å². The number of anilines is 1. The van der Waals surface area contributed by atoms with Gasteiger partial charge in [0.1, 0.15) is 18.2 Å². The van der Waals surface area contributed by atoms with Crippen LogP contribution in [-0.4, -0.2) is 29.9 Å². The van der Waals surface area contributed by atoms with Crippen molar-refractivity contribution in [3.8, 4) is 5.75 Å². The number of amides is 1. The highest BCUT2D eigenvalue weighted by atomic mass is 32.1. The summed E-state index contributed by atoms with van der Waals surface area (Å²) in [6.45, 7) is 1.24. The Hall–Kier alpha value is -2.86. The van der Waals surface area contributed by atoms with Gasteiger partial charge in [-0.1, -0.05) is 18.2 Å². The summed E-state index contributed by atoms with van der Waals surface area (Å²) in [6.07, 6.45) is 1.60. The third-order valence-corrected chi connectivity index (χ3v) is 4.70. The van der Waals surface area contributed by atoms with Crippen molar-refractivity contribution in [2.24, 2.45) is 0 Å². The van der Waals surface area contributed by atoms with Gasteiger partial charge in [-0.2, -0.15) is 0 Å². The maximum absolute atomic E-state index is 11.9. The molecule has 0 saturated heterocycles. The number of benzene rings is 1. The number of carbonyl (C=O) groups is 1. The average molecular weight is 367 g/mol. The first kappa shape index (κ1) is 17.9. The molecular weight excluding hydrogens is 346 g/mol. The predicted octanol–water partition coefficient (Wildman–Crippen LogP) is 4.04. The first-order valence-corrected chi connectivity index (χ1v) is 9.15. The molecule has 5 nitrogen and oxygen atoms in total. The lowest BCUT2D eigenvalue weighted by Crippen LogP contribution is -2.21. The van der Waals surface area contributed by atoms with E-state index in [1.165, 1.54) is 9.78 Å². The van der Waals surface area contributed by atoms with Crippen LogP contribution in [0, 0.1) is 0 Å². The summed E-state index contributed by atoms with van der Waals surface area (Å²) in [5, 5.41) is 5.38. The molecule has 0 aliphatic carbocycles. The van der Waals surface area contributed by atoms with Crippen molar-refractivity contribution in [3.63, 3.8) is 0 Å². The van der Waals surface area contributed by atoms with Crippen molar-refractivity contribution in [2.45, 2.75) is 13.2 Å². The van der Waals surface area contributed by atoms with Crippen LogP contribution < -0.4 is 10.1 Å². The number of pyridine rings is 1. The summed E-state index contributed by atoms with van der Waals surface area (Å²) in [6, 6.07) is 15.5. The third kappa shape index (κ3) is 4.83. The number of hydrogen-bond donors (Lipinski definition) is 1. The molecule has 0 aliphatic heterocycles. The summed E-state index contributed by atoms with van der Waals surface area (Å²) in [7, 11) is 3.45. The van der Waals surface area contributed by atoms with Crippen molar-refractivity contribution in [1.29, 1.82) is 0 Å². The van der Waals surface area contributed by atoms with E-state index in [0.29, 0.717) is 18.7 Å². The molecule has 2 aromatic heterocycles. The zero-order valence-corrected chi connectivity index (χ0v) is 15.6. The lowest BCUT2D eigenvalue weighted by Gasteiger charge is -2.10. The van der Waals surface area contributed by atoms with Crippen LogP contribution in [0.2, 0.25) is 0 Å². The SMILES string of the molecule is CN(C)C(=O)c1ccc(NCc2cc(COc3ccccc3)cs2)nc1. The van der Waals surface area contributed by atoms with Crippen LogP contribution >= 0.6 is 11.3 Å². The molecule has 6 heteroatoms. The molecule has 0 fully saturated rings. The highest BCUT2D eigenvalue weighted by Gasteiger charge is 2.08. The van der Waals surface area contributed by atoms with E-state index in [2.05, 4.69) is 21.7 Å². The number of para-hydroxylation sites is 1. The number of nitrogens with one attached hydrogen (secondary N) is 1. The number of nitrogens with zero attached hydrogens (tertiary/aromatic N) is 2. The third-order valence-electron chi connectivity index (χ3n) is 3.72. The molecule has 0 unspecified atom stereocenters. The number of carbonyl (C=O) groups excluding carboxylic acids is 1. The zero-order chi connectivity index (χ0) is 18.4. The van der Waals surface area contributed by atoms with Crippen molar-refractivity contribution in [1.82, 2.24) is 9.88 Å². The summed E-state index contributed by atoms with van der Waals surface area (Å²) in [5.41, 5.74) is 1.73. The topological polar surface area (TPSA) is 54.5 Å². The molecular formula is C20H21N3O2S. The lowest BCUT2D eigenvalue weighted by atomic mass is 10.2. The minimum absolute atomic E-state index is 0.0506. The Bertz CT molecular complexity index is 845. The predicted molar refractivity (Wildman–Crippen MR) is 105 cm³/mol. The molecule has 0 bridgehead atoms. The molecule has 1 N–H and O–H groups in total. The molecule has 2 heterocycles. The molecule has 1 aromatic carbocycles. The molecule has 0 aliphatic rings. The van der Waals surface area contributed by atoms with Crippen LogP contribution in [0.15, 0.2) is 60.1 Å². The second-order valence-electron chi connectivity index (χ2n) is 6.01. The molecule has 1 amide bonds. The van der Waals surface area contributed by atoms with Gasteiger partial charge in [-0.15, -0.1) is 11.3 Å². The fourth-order valence-corrected chi connectivity index (χ4v) is 3.15. The quantitative estimate of drug-likeness (QED) is 0.685. The standard InChI is InChI=1S/C20H21N3O2S/c1-23(2)20(24)16-8-9-19(21-11-16)22-12-18-10-15(14-26-18)13-25-17-6-4-3-5-7-17/h3-11,14H,12-13H2,1-2H3,(H,21,22). The number of hydrogen-bond acceptors (Lipinski definition) is 5. The Balaban J connectivity index is 1.51. The van der Waals surface area contributed by atoms with Gasteiger partial charge in [0.25, 0.3) is 5.91 Å². The molecule has 0 atom stereocenters. The van der Waals surface area contributed by atoms with Crippen molar-refractivity contribution in [3.05, 3.63) is 76.1 Å². The monoisotopic (exact) mass is 367 g/mol. The number of rotatable bonds is 7. The Morgan fingerprint density at radius 3 is 2.69 bits per heavy atom. The summed E-state index contributed by atoms with van der Waals surface area (Å²) < 4.78 is 5.76. The van der Waals surface area contributed by atoms with Crippen molar-refractivity contribution >= 4 is 23.1 Å². The van der Waals surface area contributed by atoms with E-state index in [0.717, 1.165) is 17.1 Å². The normalized spacial score (nSPS) is 10.4. The molecule has 3 aromatic rings. The maximum atomic E-state index is 11.9. The van der Waals surface area contributed by atoms with Gasteiger partial charge < -0.3 is 15.0 Å². The van der Waals surface area contributed by atoms with E-state index in [4.69, 9.17) is 4.74 Å². The van der Waals surface area contributed by atoms with E-state index >= 15 is 0 Å². The highest BCUT2D eigenvalue weighted by molar-refractivity contribution is 7.10. The number of thiophene rings is 1. The first-order valence-electron chi connectivity index (χ1n) is 8.27. The Labute approximate surface area is 157 Å². The van der Waals surface area contributed by atoms with Gasteiger partial charge in [0, 0.05) is 30.7 Å². The van der Waals surface area contributed by atoms with E-state index in [9.17, 15) is 4.79 Å². The van der Waals surface area contributed by atoms with Crippen LogP contribution in [0.1, 0.15) is 20.8 Å². The van der Waals surface area contributed by atoms with Gasteiger partial charge in [-0.05, 0) is 35.7 Å². The van der Waals surface area contributed by atoms with Crippen LogP contribution in [0.5, 0.6) is 5.75 Å². The fraction of sp³-hybridized carbons (Fsp3) is 0.200. The molecule has 0 saturated carbocycles. The summed E-state index contributed by atoms with van der Waals surface area (Å²) in [4.78, 5) is 18.9. The average Bonchev–Trinajstić information content (AvgIpc) is 3.13. The first-order chi connectivity index (χ1) is 12.6. The second kappa shape index (κ2) is 8.49. The Kier molecular flexibility index (Phi) is 5.86. The van der Waals surface area contributed by atoms with E-state index < -0.39 is 0 Å². The Morgan fingerprint density at radius 1 is 1.19 bits per heavy atom. The Morgan fingerprint density at radius 2 is 2.00 bits per heavy atom. The number of aromatic nitrogens is 1. The van der Waals surface area contributed by atoms with E-state index in [1.54, 1.807) is 37.7 Å². The highest BCUT2D eigenvalue weighted by Crippen LogP contribution is 2.19. The summed E-state index contributed by atoms with van der Waals surface area (Å²) in [5.74, 6) is 1.57. The molecule has 3 rings (SSSR count). The van der Waals surface area contributed by atoms with Crippen LogP contribution in [0.25, 0.3) is 0 Å². The van der Waals surface area contributed by atoms with Crippen molar-refractivity contribution in [2.75, 3.05) is 19.4 Å². The fourth-order valence-electron chi connectivity index (χ4n) is 2.34. The van der Waals surface area contributed by atoms with Gasteiger partial charge in [0.05, 0.1) is 12.1 Å². The van der Waals surface area contributed by atoms with E-state index in [-0.39, 0.29) is 5.91 Å². The number of ether oxygens (including phenoxy) is 1. The molecule has 134 valence electrons. The maximum Gasteiger partial charge on any atom is 0.254 e. The minimum Gasteiger partial charge on any atom is -0.489 e. The molecule has 0 radical (unpaired) electrons. The second-order valence-corrected chi connectivity index (χ2v) is 7.00. The summed E-state index contributed by atoms with van der Waals surface area (Å²) >= 11 is 1.68. The lowest BCUT2D eigenvalue weighted by molar-refractivity contribution is 0.0827. The largest absolute Gasteiger partial charge is 0.489 e. The van der Waals surface area contributed by atoms with Gasteiger partial charge in [0.2, 0.25) is 0 Å². The van der Waals surface area contributed by atoms with Gasteiger partial charge in [0.15, 0.2) is 0 Å². The van der Waals surface area contributed by atoms with Crippen LogP contribution in [0.4, 0.5) is 5.82 Å². The van der Waals surface area contributed by atoms with Crippen molar-refractivity contribution < 1.29 is 9.53 Å².